The normalized spacial score (nSPS) is 10.4. The third kappa shape index (κ3) is 3.34. The molecule has 1 heterocycles. The molecular formula is C13H11BrF2N2OS. The number of benzene rings is 1. The van der Waals surface area contributed by atoms with Gasteiger partial charge >= 0.3 is 0 Å². The first kappa shape index (κ1) is 14.9. The molecule has 2 aromatic rings. The molecule has 0 aliphatic rings. The van der Waals surface area contributed by atoms with Gasteiger partial charge in [0.15, 0.2) is 0 Å². The lowest BCUT2D eigenvalue weighted by Gasteiger charge is -2.08. The summed E-state index contributed by atoms with van der Waals surface area (Å²) in [5.41, 5.74) is -0.293. The van der Waals surface area contributed by atoms with Crippen LogP contribution in [-0.2, 0) is 6.54 Å². The van der Waals surface area contributed by atoms with Gasteiger partial charge in [-0.1, -0.05) is 0 Å². The number of carbonyl (C=O) groups is 1. The number of carbonyl (C=O) groups excluding carboxylic acids is 1. The number of hydrogen-bond donors (Lipinski definition) is 2. The number of thiophene rings is 1. The minimum atomic E-state index is -0.795. The van der Waals surface area contributed by atoms with E-state index in [9.17, 15) is 13.6 Å². The van der Waals surface area contributed by atoms with Crippen molar-refractivity contribution in [3.05, 3.63) is 50.1 Å². The lowest BCUT2D eigenvalue weighted by molar-refractivity contribution is 0.0950. The van der Waals surface area contributed by atoms with E-state index in [-0.39, 0.29) is 11.3 Å². The van der Waals surface area contributed by atoms with Crippen molar-refractivity contribution in [2.45, 2.75) is 6.54 Å². The molecule has 1 amide bonds. The Morgan fingerprint density at radius 1 is 1.30 bits per heavy atom. The minimum absolute atomic E-state index is 0.0466. The van der Waals surface area contributed by atoms with Crippen molar-refractivity contribution < 1.29 is 13.6 Å². The van der Waals surface area contributed by atoms with Crippen molar-refractivity contribution >= 4 is 38.9 Å². The maximum atomic E-state index is 13.6. The van der Waals surface area contributed by atoms with Gasteiger partial charge in [-0.15, -0.1) is 11.3 Å². The molecule has 2 rings (SSSR count). The van der Waals surface area contributed by atoms with E-state index in [0.29, 0.717) is 6.54 Å². The molecule has 1 aromatic carbocycles. The van der Waals surface area contributed by atoms with Gasteiger partial charge in [0.05, 0.1) is 10.3 Å². The first-order valence-corrected chi connectivity index (χ1v) is 7.31. The SMILES string of the molecule is CNc1c(F)cc(C(=O)NCc2ccc(Br)s2)cc1F. The standard InChI is InChI=1S/C13H11BrF2N2OS/c1-17-12-9(15)4-7(5-10(12)16)13(19)18-6-8-2-3-11(14)20-8/h2-5,17H,6H2,1H3,(H,18,19). The zero-order valence-electron chi connectivity index (χ0n) is 10.5. The van der Waals surface area contributed by atoms with Crippen LogP contribution in [0, 0.1) is 11.6 Å². The number of halogens is 3. The van der Waals surface area contributed by atoms with Crippen molar-refractivity contribution in [2.75, 3.05) is 12.4 Å². The fraction of sp³-hybridized carbons (Fsp3) is 0.154. The molecule has 0 spiro atoms. The summed E-state index contributed by atoms with van der Waals surface area (Å²) in [6.07, 6.45) is 0. The summed E-state index contributed by atoms with van der Waals surface area (Å²) < 4.78 is 28.1. The largest absolute Gasteiger partial charge is 0.383 e. The predicted molar refractivity (Wildman–Crippen MR) is 79.1 cm³/mol. The Labute approximate surface area is 127 Å². The van der Waals surface area contributed by atoms with Crippen LogP contribution in [0.2, 0.25) is 0 Å². The monoisotopic (exact) mass is 360 g/mol. The smallest absolute Gasteiger partial charge is 0.251 e. The Hall–Kier alpha value is -1.47. The van der Waals surface area contributed by atoms with Gasteiger partial charge in [0, 0.05) is 17.5 Å². The summed E-state index contributed by atoms with van der Waals surface area (Å²) in [5, 5.41) is 5.02. The zero-order chi connectivity index (χ0) is 14.7. The van der Waals surface area contributed by atoms with Crippen LogP contribution in [-0.4, -0.2) is 13.0 Å². The average Bonchev–Trinajstić information content (AvgIpc) is 2.81. The molecule has 0 atom stereocenters. The molecule has 20 heavy (non-hydrogen) atoms. The van der Waals surface area contributed by atoms with Gasteiger partial charge in [-0.05, 0) is 40.2 Å². The van der Waals surface area contributed by atoms with Gasteiger partial charge in [-0.2, -0.15) is 0 Å². The summed E-state index contributed by atoms with van der Waals surface area (Å²) in [6.45, 7) is 0.312. The molecule has 106 valence electrons. The highest BCUT2D eigenvalue weighted by atomic mass is 79.9. The maximum Gasteiger partial charge on any atom is 0.251 e. The summed E-state index contributed by atoms with van der Waals surface area (Å²) in [4.78, 5) is 12.8. The summed E-state index contributed by atoms with van der Waals surface area (Å²) >= 11 is 4.80. The number of nitrogens with one attached hydrogen (secondary N) is 2. The van der Waals surface area contributed by atoms with E-state index in [1.165, 1.54) is 18.4 Å². The molecule has 7 heteroatoms. The van der Waals surface area contributed by atoms with Gasteiger partial charge in [0.2, 0.25) is 0 Å². The lowest BCUT2D eigenvalue weighted by Crippen LogP contribution is -2.22. The van der Waals surface area contributed by atoms with Crippen LogP contribution in [0.15, 0.2) is 28.1 Å². The second-order valence-corrected chi connectivity index (χ2v) is 6.50. The number of rotatable bonds is 4. The molecule has 0 fully saturated rings. The van der Waals surface area contributed by atoms with Crippen LogP contribution < -0.4 is 10.6 Å². The highest BCUT2D eigenvalue weighted by Gasteiger charge is 2.14. The molecule has 3 nitrogen and oxygen atoms in total. The molecule has 1 aromatic heterocycles. The molecule has 0 unspecified atom stereocenters. The molecule has 0 saturated carbocycles. The van der Waals surface area contributed by atoms with E-state index in [1.54, 1.807) is 0 Å². The molecule has 2 N–H and O–H groups in total. The summed E-state index contributed by atoms with van der Waals surface area (Å²) in [7, 11) is 1.41. The Bertz CT molecular complexity index is 622. The minimum Gasteiger partial charge on any atom is -0.383 e. The first-order valence-electron chi connectivity index (χ1n) is 5.70. The number of hydrogen-bond acceptors (Lipinski definition) is 3. The highest BCUT2D eigenvalue weighted by Crippen LogP contribution is 2.22. The molecule has 0 radical (unpaired) electrons. The second kappa shape index (κ2) is 6.32. The topological polar surface area (TPSA) is 41.1 Å². The van der Waals surface area contributed by atoms with E-state index in [2.05, 4.69) is 26.6 Å². The Morgan fingerprint density at radius 3 is 2.45 bits per heavy atom. The van der Waals surface area contributed by atoms with Crippen LogP contribution >= 0.6 is 27.3 Å². The third-order valence-corrected chi connectivity index (χ3v) is 4.23. The fourth-order valence-electron chi connectivity index (χ4n) is 1.66. The Morgan fingerprint density at radius 2 is 1.95 bits per heavy atom. The van der Waals surface area contributed by atoms with Gasteiger partial charge in [-0.25, -0.2) is 8.78 Å². The van der Waals surface area contributed by atoms with Gasteiger partial charge in [0.1, 0.15) is 17.3 Å². The number of amides is 1. The van der Waals surface area contributed by atoms with Gasteiger partial charge < -0.3 is 10.6 Å². The average molecular weight is 361 g/mol. The van der Waals surface area contributed by atoms with E-state index in [4.69, 9.17) is 0 Å². The van der Waals surface area contributed by atoms with Gasteiger partial charge in [0.25, 0.3) is 5.91 Å². The summed E-state index contributed by atoms with van der Waals surface area (Å²) in [6, 6.07) is 5.75. The molecule has 0 aliphatic carbocycles. The molecule has 0 aliphatic heterocycles. The first-order chi connectivity index (χ1) is 9.51. The summed E-state index contributed by atoms with van der Waals surface area (Å²) in [5.74, 6) is -2.11. The van der Waals surface area contributed by atoms with E-state index in [1.807, 2.05) is 12.1 Å². The van der Waals surface area contributed by atoms with Crippen molar-refractivity contribution in [3.63, 3.8) is 0 Å². The van der Waals surface area contributed by atoms with Crippen molar-refractivity contribution in [3.8, 4) is 0 Å². The van der Waals surface area contributed by atoms with Gasteiger partial charge in [-0.3, -0.25) is 4.79 Å². The number of anilines is 1. The molecule has 0 saturated heterocycles. The van der Waals surface area contributed by atoms with E-state index < -0.39 is 17.5 Å². The predicted octanol–water partition coefficient (Wildman–Crippen LogP) is 3.76. The Balaban J connectivity index is 2.09. The fourth-order valence-corrected chi connectivity index (χ4v) is 3.08. The van der Waals surface area contributed by atoms with Crippen LogP contribution in [0.4, 0.5) is 14.5 Å². The molecule has 0 bridgehead atoms. The van der Waals surface area contributed by atoms with Crippen molar-refractivity contribution in [2.24, 2.45) is 0 Å². The lowest BCUT2D eigenvalue weighted by atomic mass is 10.1. The van der Waals surface area contributed by atoms with E-state index in [0.717, 1.165) is 20.8 Å². The van der Waals surface area contributed by atoms with Crippen molar-refractivity contribution in [1.82, 2.24) is 5.32 Å². The van der Waals surface area contributed by atoms with Crippen LogP contribution in [0.25, 0.3) is 0 Å². The van der Waals surface area contributed by atoms with E-state index >= 15 is 0 Å². The zero-order valence-corrected chi connectivity index (χ0v) is 12.9. The second-order valence-electron chi connectivity index (χ2n) is 3.95. The van der Waals surface area contributed by atoms with Crippen LogP contribution in [0.1, 0.15) is 15.2 Å². The Kier molecular flexibility index (Phi) is 4.72. The molecular weight excluding hydrogens is 350 g/mol. The van der Waals surface area contributed by atoms with Crippen LogP contribution in [0.3, 0.4) is 0 Å². The quantitative estimate of drug-likeness (QED) is 0.871. The third-order valence-electron chi connectivity index (χ3n) is 2.61. The van der Waals surface area contributed by atoms with Crippen molar-refractivity contribution in [1.29, 1.82) is 0 Å². The highest BCUT2D eigenvalue weighted by molar-refractivity contribution is 9.11. The maximum absolute atomic E-state index is 13.6. The van der Waals surface area contributed by atoms with Crippen LogP contribution in [0.5, 0.6) is 0 Å².